The minimum absolute atomic E-state index is 0.158. The summed E-state index contributed by atoms with van der Waals surface area (Å²) in [6, 6.07) is 5.77. The number of halogens is 1. The lowest BCUT2D eigenvalue weighted by molar-refractivity contribution is -0.115. The van der Waals surface area contributed by atoms with Crippen molar-refractivity contribution in [1.82, 2.24) is 5.32 Å². The Morgan fingerprint density at radius 3 is 3.00 bits per heavy atom. The van der Waals surface area contributed by atoms with Gasteiger partial charge in [0.1, 0.15) is 5.82 Å². The fourth-order valence-electron chi connectivity index (χ4n) is 1.10. The SMILES string of the molecule is CC#CCNCC(=O)Nc1cccc(F)c1. The van der Waals surface area contributed by atoms with Crippen molar-refractivity contribution in [2.24, 2.45) is 0 Å². The van der Waals surface area contributed by atoms with Gasteiger partial charge in [0.15, 0.2) is 0 Å². The molecule has 2 N–H and O–H groups in total. The fraction of sp³-hybridized carbons (Fsp3) is 0.250. The van der Waals surface area contributed by atoms with E-state index in [4.69, 9.17) is 0 Å². The lowest BCUT2D eigenvalue weighted by atomic mass is 10.3. The van der Waals surface area contributed by atoms with Crippen molar-refractivity contribution in [3.8, 4) is 11.8 Å². The topological polar surface area (TPSA) is 41.1 Å². The van der Waals surface area contributed by atoms with Crippen LogP contribution in [-0.4, -0.2) is 19.0 Å². The highest BCUT2D eigenvalue weighted by molar-refractivity contribution is 5.92. The summed E-state index contributed by atoms with van der Waals surface area (Å²) < 4.78 is 12.8. The summed E-state index contributed by atoms with van der Waals surface area (Å²) in [5, 5.41) is 5.41. The molecule has 0 fully saturated rings. The lowest BCUT2D eigenvalue weighted by Crippen LogP contribution is -2.28. The van der Waals surface area contributed by atoms with Gasteiger partial charge in [-0.2, -0.15) is 0 Å². The molecular weight excluding hydrogens is 207 g/mol. The number of benzene rings is 1. The summed E-state index contributed by atoms with van der Waals surface area (Å²) in [5.74, 6) is 4.89. The van der Waals surface area contributed by atoms with Crippen LogP contribution < -0.4 is 10.6 Å². The first-order chi connectivity index (χ1) is 7.72. The third-order valence-electron chi connectivity index (χ3n) is 1.78. The Hall–Kier alpha value is -1.86. The second-order valence-electron chi connectivity index (χ2n) is 3.09. The van der Waals surface area contributed by atoms with Crippen LogP contribution in [-0.2, 0) is 4.79 Å². The van der Waals surface area contributed by atoms with Gasteiger partial charge in [-0.1, -0.05) is 12.0 Å². The van der Waals surface area contributed by atoms with Crippen molar-refractivity contribution in [2.75, 3.05) is 18.4 Å². The second-order valence-corrected chi connectivity index (χ2v) is 3.09. The molecule has 1 aromatic rings. The van der Waals surface area contributed by atoms with Gasteiger partial charge in [0.2, 0.25) is 5.91 Å². The standard InChI is InChI=1S/C12H13FN2O/c1-2-3-7-14-9-12(16)15-11-6-4-5-10(13)8-11/h4-6,8,14H,7,9H2,1H3,(H,15,16). The van der Waals surface area contributed by atoms with E-state index in [2.05, 4.69) is 22.5 Å². The van der Waals surface area contributed by atoms with Crippen LogP contribution in [0.5, 0.6) is 0 Å². The largest absolute Gasteiger partial charge is 0.325 e. The Balaban J connectivity index is 2.36. The second kappa shape index (κ2) is 6.59. The van der Waals surface area contributed by atoms with Crippen LogP contribution in [0, 0.1) is 17.7 Å². The van der Waals surface area contributed by atoms with E-state index in [1.165, 1.54) is 12.1 Å². The van der Waals surface area contributed by atoms with Gasteiger partial charge in [-0.3, -0.25) is 10.1 Å². The van der Waals surface area contributed by atoms with E-state index in [9.17, 15) is 9.18 Å². The Morgan fingerprint density at radius 1 is 1.50 bits per heavy atom. The quantitative estimate of drug-likeness (QED) is 0.594. The number of anilines is 1. The highest BCUT2D eigenvalue weighted by atomic mass is 19.1. The number of amides is 1. The van der Waals surface area contributed by atoms with E-state index < -0.39 is 0 Å². The van der Waals surface area contributed by atoms with Gasteiger partial charge in [0.05, 0.1) is 13.1 Å². The molecule has 0 spiro atoms. The Morgan fingerprint density at radius 2 is 2.31 bits per heavy atom. The molecule has 0 unspecified atom stereocenters. The minimum Gasteiger partial charge on any atom is -0.325 e. The monoisotopic (exact) mass is 220 g/mol. The van der Waals surface area contributed by atoms with E-state index in [1.807, 2.05) is 0 Å². The number of carbonyl (C=O) groups excluding carboxylic acids is 1. The number of hydrogen-bond donors (Lipinski definition) is 2. The van der Waals surface area contributed by atoms with Crippen molar-refractivity contribution in [1.29, 1.82) is 0 Å². The highest BCUT2D eigenvalue weighted by Crippen LogP contribution is 2.08. The Kier molecular flexibility index (Phi) is 5.03. The lowest BCUT2D eigenvalue weighted by Gasteiger charge is -2.04. The third-order valence-corrected chi connectivity index (χ3v) is 1.78. The van der Waals surface area contributed by atoms with E-state index in [-0.39, 0.29) is 18.3 Å². The molecule has 0 atom stereocenters. The molecule has 0 aliphatic heterocycles. The van der Waals surface area contributed by atoms with Crippen LogP contribution in [0.2, 0.25) is 0 Å². The number of nitrogens with one attached hydrogen (secondary N) is 2. The summed E-state index contributed by atoms with van der Waals surface area (Å²) in [6.07, 6.45) is 0. The van der Waals surface area contributed by atoms with Crippen molar-refractivity contribution >= 4 is 11.6 Å². The van der Waals surface area contributed by atoms with Crippen molar-refractivity contribution in [2.45, 2.75) is 6.92 Å². The van der Waals surface area contributed by atoms with E-state index in [1.54, 1.807) is 19.1 Å². The fourth-order valence-corrected chi connectivity index (χ4v) is 1.10. The normalized spacial score (nSPS) is 9.12. The first-order valence-electron chi connectivity index (χ1n) is 4.88. The third kappa shape index (κ3) is 4.58. The molecule has 0 saturated carbocycles. The first-order valence-corrected chi connectivity index (χ1v) is 4.88. The van der Waals surface area contributed by atoms with Crippen molar-refractivity contribution in [3.63, 3.8) is 0 Å². The summed E-state index contributed by atoms with van der Waals surface area (Å²) in [4.78, 5) is 11.3. The van der Waals surface area contributed by atoms with E-state index in [0.717, 1.165) is 0 Å². The molecule has 0 saturated heterocycles. The molecule has 0 aliphatic carbocycles. The molecule has 1 rings (SSSR count). The van der Waals surface area contributed by atoms with Crippen LogP contribution >= 0.6 is 0 Å². The summed E-state index contributed by atoms with van der Waals surface area (Å²) in [6.45, 7) is 2.35. The van der Waals surface area contributed by atoms with Gasteiger partial charge >= 0.3 is 0 Å². The molecular formula is C12H13FN2O. The zero-order chi connectivity index (χ0) is 11.8. The highest BCUT2D eigenvalue weighted by Gasteiger charge is 2.01. The predicted octanol–water partition coefficient (Wildman–Crippen LogP) is 1.38. The maximum absolute atomic E-state index is 12.8. The number of rotatable bonds is 4. The molecule has 0 aliphatic rings. The van der Waals surface area contributed by atoms with Gasteiger partial charge in [-0.15, -0.1) is 5.92 Å². The average molecular weight is 220 g/mol. The molecule has 3 nitrogen and oxygen atoms in total. The number of carbonyl (C=O) groups is 1. The minimum atomic E-state index is -0.373. The molecule has 1 amide bonds. The summed E-state index contributed by atoms with van der Waals surface area (Å²) in [7, 11) is 0. The van der Waals surface area contributed by atoms with Gasteiger partial charge in [0, 0.05) is 5.69 Å². The van der Waals surface area contributed by atoms with Crippen LogP contribution in [0.1, 0.15) is 6.92 Å². The number of hydrogen-bond acceptors (Lipinski definition) is 2. The Labute approximate surface area is 94.0 Å². The van der Waals surface area contributed by atoms with E-state index in [0.29, 0.717) is 12.2 Å². The zero-order valence-electron chi connectivity index (χ0n) is 9.01. The molecule has 4 heteroatoms. The van der Waals surface area contributed by atoms with Crippen LogP contribution in [0.15, 0.2) is 24.3 Å². The maximum Gasteiger partial charge on any atom is 0.238 e. The molecule has 0 radical (unpaired) electrons. The maximum atomic E-state index is 12.8. The summed E-state index contributed by atoms with van der Waals surface area (Å²) in [5.41, 5.74) is 0.452. The van der Waals surface area contributed by atoms with Crippen molar-refractivity contribution < 1.29 is 9.18 Å². The van der Waals surface area contributed by atoms with Crippen LogP contribution in [0.3, 0.4) is 0 Å². The Bertz CT molecular complexity index is 421. The van der Waals surface area contributed by atoms with Gasteiger partial charge in [0.25, 0.3) is 0 Å². The molecule has 0 aromatic heterocycles. The molecule has 0 bridgehead atoms. The van der Waals surface area contributed by atoms with Gasteiger partial charge in [-0.05, 0) is 25.1 Å². The smallest absolute Gasteiger partial charge is 0.238 e. The molecule has 84 valence electrons. The first kappa shape index (κ1) is 12.2. The molecule has 0 heterocycles. The van der Waals surface area contributed by atoms with E-state index >= 15 is 0 Å². The van der Waals surface area contributed by atoms with Gasteiger partial charge in [-0.25, -0.2) is 4.39 Å². The molecule has 1 aromatic carbocycles. The zero-order valence-corrected chi connectivity index (χ0v) is 9.01. The molecule has 16 heavy (non-hydrogen) atoms. The summed E-state index contributed by atoms with van der Waals surface area (Å²) >= 11 is 0. The van der Waals surface area contributed by atoms with Crippen LogP contribution in [0.25, 0.3) is 0 Å². The average Bonchev–Trinajstić information content (AvgIpc) is 2.24. The van der Waals surface area contributed by atoms with Crippen LogP contribution in [0.4, 0.5) is 10.1 Å². The van der Waals surface area contributed by atoms with Crippen molar-refractivity contribution in [3.05, 3.63) is 30.1 Å². The van der Waals surface area contributed by atoms with Gasteiger partial charge < -0.3 is 5.32 Å². The predicted molar refractivity (Wildman–Crippen MR) is 61.3 cm³/mol.